The summed E-state index contributed by atoms with van der Waals surface area (Å²) in [5.41, 5.74) is 0.799. The fourth-order valence-corrected chi connectivity index (χ4v) is 2.40. The summed E-state index contributed by atoms with van der Waals surface area (Å²) in [7, 11) is 0. The second-order valence-corrected chi connectivity index (χ2v) is 5.10. The predicted molar refractivity (Wildman–Crippen MR) is 75.2 cm³/mol. The SMILES string of the molecule is O=C(CC1CCNCC1)NCc1cccc([N+](=O)[O-])c1. The molecule has 1 aliphatic heterocycles. The summed E-state index contributed by atoms with van der Waals surface area (Å²) in [5.74, 6) is 0.463. The topological polar surface area (TPSA) is 84.3 Å². The van der Waals surface area contributed by atoms with Crippen molar-refractivity contribution in [3.8, 4) is 0 Å². The van der Waals surface area contributed by atoms with Crippen LogP contribution in [-0.4, -0.2) is 23.9 Å². The van der Waals surface area contributed by atoms with Crippen LogP contribution in [0.3, 0.4) is 0 Å². The maximum absolute atomic E-state index is 11.8. The van der Waals surface area contributed by atoms with Crippen LogP contribution in [-0.2, 0) is 11.3 Å². The van der Waals surface area contributed by atoms with E-state index in [1.54, 1.807) is 12.1 Å². The fraction of sp³-hybridized carbons (Fsp3) is 0.500. The minimum atomic E-state index is -0.430. The molecule has 0 radical (unpaired) electrons. The highest BCUT2D eigenvalue weighted by atomic mass is 16.6. The zero-order valence-electron chi connectivity index (χ0n) is 11.3. The van der Waals surface area contributed by atoms with Gasteiger partial charge in [-0.1, -0.05) is 12.1 Å². The van der Waals surface area contributed by atoms with E-state index in [1.807, 2.05) is 0 Å². The fourth-order valence-electron chi connectivity index (χ4n) is 2.40. The molecule has 6 heteroatoms. The lowest BCUT2D eigenvalue weighted by atomic mass is 9.94. The molecule has 1 aliphatic rings. The first-order chi connectivity index (χ1) is 9.65. The molecule has 6 nitrogen and oxygen atoms in total. The number of piperidine rings is 1. The van der Waals surface area contributed by atoms with Crippen molar-refractivity contribution in [2.75, 3.05) is 13.1 Å². The quantitative estimate of drug-likeness (QED) is 0.632. The number of carbonyl (C=O) groups is 1. The number of non-ortho nitro benzene ring substituents is 1. The Morgan fingerprint density at radius 2 is 2.15 bits per heavy atom. The van der Waals surface area contributed by atoms with Crippen LogP contribution in [0.25, 0.3) is 0 Å². The number of nitro groups is 1. The standard InChI is InChI=1S/C14H19N3O3/c18-14(9-11-4-6-15-7-5-11)16-10-12-2-1-3-13(8-12)17(19)20/h1-3,8,11,15H,4-7,9-10H2,(H,16,18). The first-order valence-electron chi connectivity index (χ1n) is 6.86. The monoisotopic (exact) mass is 277 g/mol. The van der Waals surface area contributed by atoms with Crippen LogP contribution < -0.4 is 10.6 Å². The molecule has 1 aromatic rings. The number of amides is 1. The van der Waals surface area contributed by atoms with E-state index < -0.39 is 4.92 Å². The Morgan fingerprint density at radius 3 is 2.85 bits per heavy atom. The van der Waals surface area contributed by atoms with Gasteiger partial charge in [0, 0.05) is 25.1 Å². The molecule has 1 amide bonds. The third kappa shape index (κ3) is 4.31. The highest BCUT2D eigenvalue weighted by Crippen LogP contribution is 2.16. The van der Waals surface area contributed by atoms with E-state index in [-0.39, 0.29) is 11.6 Å². The smallest absolute Gasteiger partial charge is 0.269 e. The Kier molecular flexibility index (Phi) is 5.06. The van der Waals surface area contributed by atoms with Crippen molar-refractivity contribution < 1.29 is 9.72 Å². The lowest BCUT2D eigenvalue weighted by Crippen LogP contribution is -2.32. The van der Waals surface area contributed by atoms with Gasteiger partial charge in [-0.25, -0.2) is 0 Å². The van der Waals surface area contributed by atoms with Gasteiger partial charge in [0.1, 0.15) is 0 Å². The van der Waals surface area contributed by atoms with E-state index in [1.165, 1.54) is 12.1 Å². The average molecular weight is 277 g/mol. The van der Waals surface area contributed by atoms with Crippen molar-refractivity contribution >= 4 is 11.6 Å². The van der Waals surface area contributed by atoms with E-state index >= 15 is 0 Å². The van der Waals surface area contributed by atoms with Crippen LogP contribution in [0.5, 0.6) is 0 Å². The van der Waals surface area contributed by atoms with Crippen molar-refractivity contribution in [3.63, 3.8) is 0 Å². The molecule has 0 aromatic heterocycles. The molecule has 1 aromatic carbocycles. The van der Waals surface area contributed by atoms with Crippen molar-refractivity contribution in [1.29, 1.82) is 0 Å². The van der Waals surface area contributed by atoms with Crippen molar-refractivity contribution in [3.05, 3.63) is 39.9 Å². The molecule has 0 saturated carbocycles. The van der Waals surface area contributed by atoms with Gasteiger partial charge in [0.05, 0.1) is 4.92 Å². The number of rotatable bonds is 5. The molecule has 2 rings (SSSR count). The van der Waals surface area contributed by atoms with Crippen molar-refractivity contribution in [1.82, 2.24) is 10.6 Å². The van der Waals surface area contributed by atoms with Crippen LogP contribution in [0.15, 0.2) is 24.3 Å². The average Bonchev–Trinajstić information content (AvgIpc) is 2.46. The Labute approximate surface area is 117 Å². The summed E-state index contributed by atoms with van der Waals surface area (Å²) < 4.78 is 0. The first kappa shape index (κ1) is 14.5. The van der Waals surface area contributed by atoms with E-state index in [2.05, 4.69) is 10.6 Å². The largest absolute Gasteiger partial charge is 0.352 e. The molecular formula is C14H19N3O3. The van der Waals surface area contributed by atoms with Crippen LogP contribution in [0.1, 0.15) is 24.8 Å². The molecule has 0 bridgehead atoms. The maximum Gasteiger partial charge on any atom is 0.269 e. The van der Waals surface area contributed by atoms with Crippen LogP contribution in [0, 0.1) is 16.0 Å². The van der Waals surface area contributed by atoms with Crippen LogP contribution in [0.2, 0.25) is 0 Å². The van der Waals surface area contributed by atoms with E-state index in [0.717, 1.165) is 31.5 Å². The van der Waals surface area contributed by atoms with Gasteiger partial charge in [-0.2, -0.15) is 0 Å². The molecule has 1 saturated heterocycles. The Balaban J connectivity index is 1.80. The van der Waals surface area contributed by atoms with E-state index in [4.69, 9.17) is 0 Å². The van der Waals surface area contributed by atoms with Gasteiger partial charge in [0.15, 0.2) is 0 Å². The summed E-state index contributed by atoms with van der Waals surface area (Å²) in [5, 5.41) is 16.8. The molecule has 0 atom stereocenters. The number of nitrogens with zero attached hydrogens (tertiary/aromatic N) is 1. The van der Waals surface area contributed by atoms with Gasteiger partial charge in [0.25, 0.3) is 5.69 Å². The highest BCUT2D eigenvalue weighted by molar-refractivity contribution is 5.76. The van der Waals surface area contributed by atoms with Gasteiger partial charge in [-0.15, -0.1) is 0 Å². The van der Waals surface area contributed by atoms with E-state index in [9.17, 15) is 14.9 Å². The van der Waals surface area contributed by atoms with Gasteiger partial charge >= 0.3 is 0 Å². The van der Waals surface area contributed by atoms with E-state index in [0.29, 0.717) is 18.9 Å². The third-order valence-electron chi connectivity index (χ3n) is 3.54. The minimum absolute atomic E-state index is 0.0170. The highest BCUT2D eigenvalue weighted by Gasteiger charge is 2.16. The molecule has 108 valence electrons. The number of hydrogen-bond donors (Lipinski definition) is 2. The molecule has 0 spiro atoms. The van der Waals surface area contributed by atoms with Crippen molar-refractivity contribution in [2.24, 2.45) is 5.92 Å². The number of carbonyl (C=O) groups excluding carboxylic acids is 1. The Bertz CT molecular complexity index is 484. The molecule has 2 N–H and O–H groups in total. The summed E-state index contributed by atoms with van der Waals surface area (Å²) in [6.07, 6.45) is 2.60. The molecule has 1 fully saturated rings. The van der Waals surface area contributed by atoms with Gasteiger partial charge in [-0.05, 0) is 37.4 Å². The number of nitrogens with one attached hydrogen (secondary N) is 2. The summed E-state index contributed by atoms with van der Waals surface area (Å²) >= 11 is 0. The number of nitro benzene ring substituents is 1. The summed E-state index contributed by atoms with van der Waals surface area (Å²) in [6, 6.07) is 6.34. The Hall–Kier alpha value is -1.95. The lowest BCUT2D eigenvalue weighted by Gasteiger charge is -2.21. The van der Waals surface area contributed by atoms with Gasteiger partial charge in [-0.3, -0.25) is 14.9 Å². The number of benzene rings is 1. The molecule has 0 aliphatic carbocycles. The first-order valence-corrected chi connectivity index (χ1v) is 6.86. The number of hydrogen-bond acceptors (Lipinski definition) is 4. The lowest BCUT2D eigenvalue weighted by molar-refractivity contribution is -0.384. The zero-order chi connectivity index (χ0) is 14.4. The molecule has 0 unspecified atom stereocenters. The zero-order valence-corrected chi connectivity index (χ0v) is 11.3. The third-order valence-corrected chi connectivity index (χ3v) is 3.54. The van der Waals surface area contributed by atoms with Gasteiger partial charge < -0.3 is 10.6 Å². The molecule has 1 heterocycles. The summed E-state index contributed by atoms with van der Waals surface area (Å²) in [4.78, 5) is 22.1. The Morgan fingerprint density at radius 1 is 1.40 bits per heavy atom. The normalized spacial score (nSPS) is 15.8. The van der Waals surface area contributed by atoms with Crippen LogP contribution >= 0.6 is 0 Å². The maximum atomic E-state index is 11.8. The minimum Gasteiger partial charge on any atom is -0.352 e. The summed E-state index contributed by atoms with van der Waals surface area (Å²) in [6.45, 7) is 2.29. The molecular weight excluding hydrogens is 258 g/mol. The van der Waals surface area contributed by atoms with Crippen molar-refractivity contribution in [2.45, 2.75) is 25.8 Å². The second-order valence-electron chi connectivity index (χ2n) is 5.10. The second kappa shape index (κ2) is 7.00. The van der Waals surface area contributed by atoms with Crippen LogP contribution in [0.4, 0.5) is 5.69 Å². The predicted octanol–water partition coefficient (Wildman–Crippen LogP) is 1.60. The van der Waals surface area contributed by atoms with Gasteiger partial charge in [0.2, 0.25) is 5.91 Å². The molecule has 20 heavy (non-hydrogen) atoms.